The molecule has 98 valence electrons. The van der Waals surface area contributed by atoms with Gasteiger partial charge in [0.2, 0.25) is 0 Å². The number of hydrogen-bond acceptors (Lipinski definition) is 3. The zero-order chi connectivity index (χ0) is 12.8. The van der Waals surface area contributed by atoms with Crippen LogP contribution in [0.5, 0.6) is 0 Å². The molecule has 2 atom stereocenters. The van der Waals surface area contributed by atoms with Crippen molar-refractivity contribution in [3.8, 4) is 0 Å². The molecule has 1 N–H and O–H groups in total. The first-order chi connectivity index (χ1) is 8.10. The number of aliphatic carboxylic acids is 1. The van der Waals surface area contributed by atoms with Gasteiger partial charge >= 0.3 is 5.97 Å². The van der Waals surface area contributed by atoms with Crippen LogP contribution in [-0.2, 0) is 14.3 Å². The van der Waals surface area contributed by atoms with Crippen LogP contribution in [0.1, 0.15) is 33.1 Å². The van der Waals surface area contributed by atoms with Gasteiger partial charge in [0.05, 0.1) is 5.92 Å². The molecule has 0 bridgehead atoms. The van der Waals surface area contributed by atoms with Gasteiger partial charge in [-0.25, -0.2) is 0 Å². The largest absolute Gasteiger partial charge is 0.481 e. The summed E-state index contributed by atoms with van der Waals surface area (Å²) in [7, 11) is 0. The first-order valence-corrected chi connectivity index (χ1v) is 6.23. The highest BCUT2D eigenvalue weighted by atomic mass is 16.5. The van der Waals surface area contributed by atoms with E-state index in [1.165, 1.54) is 0 Å². The van der Waals surface area contributed by atoms with Crippen LogP contribution in [0.25, 0.3) is 0 Å². The molecule has 5 nitrogen and oxygen atoms in total. The lowest BCUT2D eigenvalue weighted by atomic mass is 9.98. The Morgan fingerprint density at radius 3 is 2.71 bits per heavy atom. The van der Waals surface area contributed by atoms with Crippen LogP contribution >= 0.6 is 0 Å². The highest BCUT2D eigenvalue weighted by Crippen LogP contribution is 2.18. The molecule has 1 heterocycles. The van der Waals surface area contributed by atoms with Crippen molar-refractivity contribution in [3.05, 3.63) is 0 Å². The quantitative estimate of drug-likeness (QED) is 0.786. The van der Waals surface area contributed by atoms with Gasteiger partial charge in [0.25, 0.3) is 5.91 Å². The molecule has 0 aromatic carbocycles. The fraction of sp³-hybridized carbons (Fsp3) is 0.833. The van der Waals surface area contributed by atoms with Crippen LogP contribution in [0.4, 0.5) is 0 Å². The Balaban J connectivity index is 2.58. The van der Waals surface area contributed by atoms with E-state index in [2.05, 4.69) is 0 Å². The Bertz CT molecular complexity index is 280. The Morgan fingerprint density at radius 2 is 2.18 bits per heavy atom. The number of carbonyl (C=O) groups is 2. The second kappa shape index (κ2) is 6.59. The zero-order valence-corrected chi connectivity index (χ0v) is 10.5. The van der Waals surface area contributed by atoms with Crippen LogP contribution in [-0.4, -0.2) is 47.7 Å². The second-order valence-corrected chi connectivity index (χ2v) is 4.31. The third-order valence-corrected chi connectivity index (χ3v) is 3.10. The summed E-state index contributed by atoms with van der Waals surface area (Å²) < 4.78 is 5.36. The number of carboxylic acid groups (broad SMARTS) is 1. The van der Waals surface area contributed by atoms with Crippen molar-refractivity contribution in [1.29, 1.82) is 0 Å². The molecule has 0 radical (unpaired) electrons. The average molecular weight is 243 g/mol. The van der Waals surface area contributed by atoms with Gasteiger partial charge in [0.15, 0.2) is 0 Å². The van der Waals surface area contributed by atoms with Gasteiger partial charge in [-0.3, -0.25) is 9.59 Å². The molecule has 0 aromatic rings. The van der Waals surface area contributed by atoms with Gasteiger partial charge in [-0.05, 0) is 26.2 Å². The smallest absolute Gasteiger partial charge is 0.308 e. The maximum absolute atomic E-state index is 12.1. The highest BCUT2D eigenvalue weighted by molar-refractivity contribution is 5.82. The number of amides is 1. The molecule has 0 unspecified atom stereocenters. The van der Waals surface area contributed by atoms with Crippen molar-refractivity contribution in [1.82, 2.24) is 4.90 Å². The normalized spacial score (nSPS) is 22.2. The van der Waals surface area contributed by atoms with Gasteiger partial charge in [-0.15, -0.1) is 0 Å². The number of rotatable bonds is 5. The van der Waals surface area contributed by atoms with Crippen LogP contribution in [0.2, 0.25) is 0 Å². The predicted molar refractivity (Wildman–Crippen MR) is 62.6 cm³/mol. The zero-order valence-electron chi connectivity index (χ0n) is 10.5. The summed E-state index contributed by atoms with van der Waals surface area (Å²) in [5.74, 6) is -1.31. The Morgan fingerprint density at radius 1 is 1.47 bits per heavy atom. The van der Waals surface area contributed by atoms with Crippen LogP contribution in [0, 0.1) is 5.92 Å². The van der Waals surface area contributed by atoms with E-state index >= 15 is 0 Å². The second-order valence-electron chi connectivity index (χ2n) is 4.31. The molecular weight excluding hydrogens is 222 g/mol. The number of ether oxygens (including phenoxy) is 1. The van der Waals surface area contributed by atoms with Gasteiger partial charge in [0.1, 0.15) is 6.10 Å². The van der Waals surface area contributed by atoms with Crippen molar-refractivity contribution >= 4 is 11.9 Å². The van der Waals surface area contributed by atoms with Crippen LogP contribution < -0.4 is 0 Å². The first-order valence-electron chi connectivity index (χ1n) is 6.23. The molecule has 1 fully saturated rings. The summed E-state index contributed by atoms with van der Waals surface area (Å²) in [6.45, 7) is 5.22. The average Bonchev–Trinajstić information content (AvgIpc) is 2.35. The minimum absolute atomic E-state index is 0.0692. The minimum atomic E-state index is -0.813. The maximum atomic E-state index is 12.1. The topological polar surface area (TPSA) is 66.8 Å². The van der Waals surface area contributed by atoms with Crippen molar-refractivity contribution in [2.24, 2.45) is 5.92 Å². The van der Waals surface area contributed by atoms with Crippen molar-refractivity contribution in [2.75, 3.05) is 19.7 Å². The number of piperidine rings is 1. The van der Waals surface area contributed by atoms with E-state index in [9.17, 15) is 9.59 Å². The molecule has 0 saturated carbocycles. The third-order valence-electron chi connectivity index (χ3n) is 3.10. The number of hydrogen-bond donors (Lipinski definition) is 1. The molecule has 0 spiro atoms. The van der Waals surface area contributed by atoms with Crippen molar-refractivity contribution in [3.63, 3.8) is 0 Å². The molecule has 1 saturated heterocycles. The lowest BCUT2D eigenvalue weighted by Crippen LogP contribution is -2.47. The number of carboxylic acids is 1. The fourth-order valence-electron chi connectivity index (χ4n) is 2.15. The summed E-state index contributed by atoms with van der Waals surface area (Å²) in [6.07, 6.45) is 1.61. The van der Waals surface area contributed by atoms with E-state index in [4.69, 9.17) is 9.84 Å². The molecule has 17 heavy (non-hydrogen) atoms. The predicted octanol–water partition coefficient (Wildman–Crippen LogP) is 1.12. The van der Waals surface area contributed by atoms with Crippen molar-refractivity contribution in [2.45, 2.75) is 39.2 Å². The number of nitrogens with zero attached hydrogens (tertiary/aromatic N) is 1. The molecule has 5 heteroatoms. The maximum Gasteiger partial charge on any atom is 0.308 e. The first kappa shape index (κ1) is 14.0. The van der Waals surface area contributed by atoms with Gasteiger partial charge in [0, 0.05) is 19.7 Å². The molecule has 1 amide bonds. The Hall–Kier alpha value is -1.10. The van der Waals surface area contributed by atoms with E-state index in [-0.39, 0.29) is 5.91 Å². The molecule has 1 aliphatic rings. The molecule has 0 aromatic heterocycles. The SMILES string of the molecule is CCO[C@@H](CC)C(=O)N1CCC[C@H](C(=O)O)C1. The Kier molecular flexibility index (Phi) is 5.41. The van der Waals surface area contributed by atoms with Gasteiger partial charge < -0.3 is 14.7 Å². The summed E-state index contributed by atoms with van der Waals surface area (Å²) in [5.41, 5.74) is 0. The number of carbonyl (C=O) groups excluding carboxylic acids is 1. The lowest BCUT2D eigenvalue weighted by molar-refractivity contribution is -0.150. The minimum Gasteiger partial charge on any atom is -0.481 e. The lowest BCUT2D eigenvalue weighted by Gasteiger charge is -2.33. The van der Waals surface area contributed by atoms with Gasteiger partial charge in [-0.2, -0.15) is 0 Å². The summed E-state index contributed by atoms with van der Waals surface area (Å²) in [6, 6.07) is 0. The van der Waals surface area contributed by atoms with Gasteiger partial charge in [-0.1, -0.05) is 6.92 Å². The molecule has 1 aliphatic heterocycles. The summed E-state index contributed by atoms with van der Waals surface area (Å²) in [5, 5.41) is 8.97. The van der Waals surface area contributed by atoms with E-state index in [0.29, 0.717) is 32.5 Å². The molecule has 0 aliphatic carbocycles. The molecule has 1 rings (SSSR count). The number of likely N-dealkylation sites (tertiary alicyclic amines) is 1. The third kappa shape index (κ3) is 3.70. The summed E-state index contributed by atoms with van der Waals surface area (Å²) in [4.78, 5) is 24.6. The fourth-order valence-corrected chi connectivity index (χ4v) is 2.15. The van der Waals surface area contributed by atoms with E-state index in [1.54, 1.807) is 4.90 Å². The highest BCUT2D eigenvalue weighted by Gasteiger charge is 2.31. The summed E-state index contributed by atoms with van der Waals surface area (Å²) >= 11 is 0. The van der Waals surface area contributed by atoms with Crippen LogP contribution in [0.15, 0.2) is 0 Å². The van der Waals surface area contributed by atoms with Crippen molar-refractivity contribution < 1.29 is 19.4 Å². The molecular formula is C12H21NO4. The monoisotopic (exact) mass is 243 g/mol. The standard InChI is InChI=1S/C12H21NO4/c1-3-10(17-4-2)11(14)13-7-5-6-9(8-13)12(15)16/h9-10H,3-8H2,1-2H3,(H,15,16)/t9-,10-/m0/s1. The Labute approximate surface area is 102 Å². The van der Waals surface area contributed by atoms with E-state index in [0.717, 1.165) is 6.42 Å². The van der Waals surface area contributed by atoms with E-state index < -0.39 is 18.0 Å². The van der Waals surface area contributed by atoms with E-state index in [1.807, 2.05) is 13.8 Å². The van der Waals surface area contributed by atoms with Crippen LogP contribution in [0.3, 0.4) is 0 Å².